The molecule has 0 saturated heterocycles. The molecule has 0 bridgehead atoms. The summed E-state index contributed by atoms with van der Waals surface area (Å²) in [6.07, 6.45) is 1.42. The summed E-state index contributed by atoms with van der Waals surface area (Å²) >= 11 is 0. The molecule has 20 heavy (non-hydrogen) atoms. The first-order valence-corrected chi connectivity index (χ1v) is 7.11. The summed E-state index contributed by atoms with van der Waals surface area (Å²) in [5.41, 5.74) is 2.47. The van der Waals surface area contributed by atoms with E-state index in [0.717, 1.165) is 6.42 Å². The monoisotopic (exact) mass is 267 g/mol. The molecule has 2 aromatic rings. The van der Waals surface area contributed by atoms with E-state index >= 15 is 0 Å². The van der Waals surface area contributed by atoms with Crippen molar-refractivity contribution in [1.82, 2.24) is 5.32 Å². The van der Waals surface area contributed by atoms with Gasteiger partial charge in [0.05, 0.1) is 0 Å². The maximum atomic E-state index is 11.9. The van der Waals surface area contributed by atoms with Crippen LogP contribution in [0, 0.1) is 0 Å². The Balaban J connectivity index is 1.73. The smallest absolute Gasteiger partial charge is 0.220 e. The van der Waals surface area contributed by atoms with Crippen LogP contribution in [-0.4, -0.2) is 12.5 Å². The van der Waals surface area contributed by atoms with Crippen LogP contribution < -0.4 is 5.32 Å². The molecule has 0 aliphatic carbocycles. The van der Waals surface area contributed by atoms with E-state index in [1.807, 2.05) is 36.4 Å². The first kappa shape index (κ1) is 14.3. The third-order valence-corrected chi connectivity index (χ3v) is 3.44. The van der Waals surface area contributed by atoms with Crippen LogP contribution in [0.3, 0.4) is 0 Å². The number of rotatable bonds is 6. The largest absolute Gasteiger partial charge is 0.356 e. The van der Waals surface area contributed by atoms with Gasteiger partial charge in [0.1, 0.15) is 0 Å². The van der Waals surface area contributed by atoms with Crippen molar-refractivity contribution in [3.05, 3.63) is 71.8 Å². The van der Waals surface area contributed by atoms with Crippen LogP contribution in [0.15, 0.2) is 60.7 Å². The lowest BCUT2D eigenvalue weighted by molar-refractivity contribution is -0.121. The van der Waals surface area contributed by atoms with Gasteiger partial charge >= 0.3 is 0 Å². The highest BCUT2D eigenvalue weighted by Gasteiger charge is 2.10. The Labute approximate surface area is 120 Å². The van der Waals surface area contributed by atoms with Crippen LogP contribution >= 0.6 is 0 Å². The highest BCUT2D eigenvalue weighted by Crippen LogP contribution is 2.17. The van der Waals surface area contributed by atoms with Gasteiger partial charge in [-0.15, -0.1) is 0 Å². The van der Waals surface area contributed by atoms with Gasteiger partial charge in [-0.1, -0.05) is 67.6 Å². The minimum atomic E-state index is 0.122. The van der Waals surface area contributed by atoms with E-state index in [-0.39, 0.29) is 11.8 Å². The topological polar surface area (TPSA) is 29.1 Å². The molecule has 0 radical (unpaired) electrons. The van der Waals surface area contributed by atoms with Gasteiger partial charge in [0, 0.05) is 13.0 Å². The van der Waals surface area contributed by atoms with Crippen LogP contribution in [0.2, 0.25) is 0 Å². The predicted molar refractivity (Wildman–Crippen MR) is 82.6 cm³/mol. The van der Waals surface area contributed by atoms with Gasteiger partial charge in [-0.2, -0.15) is 0 Å². The Hall–Kier alpha value is -2.09. The van der Waals surface area contributed by atoms with Gasteiger partial charge in [-0.05, 0) is 23.5 Å². The van der Waals surface area contributed by atoms with Gasteiger partial charge in [0.2, 0.25) is 5.91 Å². The van der Waals surface area contributed by atoms with Crippen molar-refractivity contribution in [2.24, 2.45) is 0 Å². The zero-order valence-electron chi connectivity index (χ0n) is 11.9. The molecule has 2 rings (SSSR count). The van der Waals surface area contributed by atoms with Crippen LogP contribution in [0.25, 0.3) is 0 Å². The summed E-state index contributed by atoms with van der Waals surface area (Å²) < 4.78 is 0. The van der Waals surface area contributed by atoms with Gasteiger partial charge in [0.15, 0.2) is 0 Å². The van der Waals surface area contributed by atoms with E-state index in [2.05, 4.69) is 36.5 Å². The third-order valence-electron chi connectivity index (χ3n) is 3.44. The number of carbonyl (C=O) groups excluding carboxylic acids is 1. The molecule has 2 nitrogen and oxygen atoms in total. The van der Waals surface area contributed by atoms with E-state index in [0.29, 0.717) is 13.0 Å². The first-order valence-electron chi connectivity index (χ1n) is 7.11. The molecular weight excluding hydrogens is 246 g/mol. The SMILES string of the molecule is CC(CC(=O)NCCc1ccccc1)c1ccccc1. The number of benzene rings is 2. The maximum Gasteiger partial charge on any atom is 0.220 e. The van der Waals surface area contributed by atoms with Crippen molar-refractivity contribution in [2.75, 3.05) is 6.54 Å². The lowest BCUT2D eigenvalue weighted by Crippen LogP contribution is -2.26. The molecule has 0 aliphatic rings. The standard InChI is InChI=1S/C18H21NO/c1-15(17-10-6-3-7-11-17)14-18(20)19-13-12-16-8-4-2-5-9-16/h2-11,15H,12-14H2,1H3,(H,19,20). The molecule has 104 valence electrons. The molecule has 0 fully saturated rings. The maximum absolute atomic E-state index is 11.9. The second-order valence-electron chi connectivity index (χ2n) is 5.10. The second-order valence-corrected chi connectivity index (χ2v) is 5.10. The molecule has 0 spiro atoms. The van der Waals surface area contributed by atoms with Gasteiger partial charge in [0.25, 0.3) is 0 Å². The Morgan fingerprint density at radius 3 is 2.25 bits per heavy atom. The zero-order chi connectivity index (χ0) is 14.2. The first-order chi connectivity index (χ1) is 9.75. The summed E-state index contributed by atoms with van der Waals surface area (Å²) in [4.78, 5) is 11.9. The number of carbonyl (C=O) groups is 1. The molecule has 0 aromatic heterocycles. The van der Waals surface area contributed by atoms with Crippen LogP contribution in [0.1, 0.15) is 30.4 Å². The molecule has 1 amide bonds. The van der Waals surface area contributed by atoms with Crippen molar-refractivity contribution in [3.63, 3.8) is 0 Å². The molecule has 0 aliphatic heterocycles. The molecule has 2 heteroatoms. The van der Waals surface area contributed by atoms with Crippen molar-refractivity contribution in [1.29, 1.82) is 0 Å². The van der Waals surface area contributed by atoms with Crippen molar-refractivity contribution in [3.8, 4) is 0 Å². The second kappa shape index (κ2) is 7.49. The fourth-order valence-corrected chi connectivity index (χ4v) is 2.24. The summed E-state index contributed by atoms with van der Waals surface area (Å²) in [7, 11) is 0. The molecular formula is C18H21NO. The summed E-state index contributed by atoms with van der Waals surface area (Å²) in [5.74, 6) is 0.380. The normalized spacial score (nSPS) is 11.8. The van der Waals surface area contributed by atoms with Gasteiger partial charge in [-0.25, -0.2) is 0 Å². The Kier molecular flexibility index (Phi) is 5.36. The molecule has 2 aromatic carbocycles. The number of hydrogen-bond acceptors (Lipinski definition) is 1. The van der Waals surface area contributed by atoms with E-state index in [9.17, 15) is 4.79 Å². The Morgan fingerprint density at radius 2 is 1.60 bits per heavy atom. The average Bonchev–Trinajstić information content (AvgIpc) is 2.49. The van der Waals surface area contributed by atoms with Crippen LogP contribution in [0.5, 0.6) is 0 Å². The van der Waals surface area contributed by atoms with Gasteiger partial charge in [-0.3, -0.25) is 4.79 Å². The van der Waals surface area contributed by atoms with E-state index in [4.69, 9.17) is 0 Å². The number of hydrogen-bond donors (Lipinski definition) is 1. The molecule has 1 N–H and O–H groups in total. The van der Waals surface area contributed by atoms with Crippen molar-refractivity contribution < 1.29 is 4.79 Å². The van der Waals surface area contributed by atoms with Crippen LogP contribution in [-0.2, 0) is 11.2 Å². The van der Waals surface area contributed by atoms with E-state index in [1.165, 1.54) is 11.1 Å². The number of nitrogens with one attached hydrogen (secondary N) is 1. The Morgan fingerprint density at radius 1 is 1.00 bits per heavy atom. The van der Waals surface area contributed by atoms with Gasteiger partial charge < -0.3 is 5.32 Å². The minimum absolute atomic E-state index is 0.122. The Bertz CT molecular complexity index is 522. The molecule has 1 atom stereocenters. The summed E-state index contributed by atoms with van der Waals surface area (Å²) in [5, 5.41) is 2.99. The number of amides is 1. The molecule has 0 saturated carbocycles. The summed E-state index contributed by atoms with van der Waals surface area (Å²) in [6, 6.07) is 20.4. The molecule has 0 heterocycles. The molecule has 1 unspecified atom stereocenters. The zero-order valence-corrected chi connectivity index (χ0v) is 11.9. The fourth-order valence-electron chi connectivity index (χ4n) is 2.24. The minimum Gasteiger partial charge on any atom is -0.356 e. The highest BCUT2D eigenvalue weighted by atomic mass is 16.1. The third kappa shape index (κ3) is 4.54. The summed E-state index contributed by atoms with van der Waals surface area (Å²) in [6.45, 7) is 2.79. The fraction of sp³-hybridized carbons (Fsp3) is 0.278. The van der Waals surface area contributed by atoms with E-state index < -0.39 is 0 Å². The quantitative estimate of drug-likeness (QED) is 0.852. The predicted octanol–water partition coefficient (Wildman–Crippen LogP) is 3.54. The van der Waals surface area contributed by atoms with Crippen LogP contribution in [0.4, 0.5) is 0 Å². The van der Waals surface area contributed by atoms with Crippen molar-refractivity contribution >= 4 is 5.91 Å². The van der Waals surface area contributed by atoms with Crippen molar-refractivity contribution in [2.45, 2.75) is 25.7 Å². The van der Waals surface area contributed by atoms with E-state index in [1.54, 1.807) is 0 Å². The lowest BCUT2D eigenvalue weighted by Gasteiger charge is -2.12. The average molecular weight is 267 g/mol. The lowest BCUT2D eigenvalue weighted by atomic mass is 9.97. The highest BCUT2D eigenvalue weighted by molar-refractivity contribution is 5.76.